The average molecular weight is 272 g/mol. The fraction of sp³-hybridized carbons (Fsp3) is 0. The standard InChI is InChI=1S/C13H10ClN5/c14-10-4-5-12(16-7-10)19-8-17-13(18-19)9-2-1-3-11(15)6-9/h1-8H,15H2. The van der Waals surface area contributed by atoms with Crippen molar-refractivity contribution in [2.75, 3.05) is 5.73 Å². The van der Waals surface area contributed by atoms with Gasteiger partial charge in [0, 0.05) is 17.4 Å². The van der Waals surface area contributed by atoms with E-state index in [1.807, 2.05) is 24.3 Å². The van der Waals surface area contributed by atoms with Crippen molar-refractivity contribution in [2.45, 2.75) is 0 Å². The van der Waals surface area contributed by atoms with E-state index in [0.717, 1.165) is 5.56 Å². The third-order valence-electron chi connectivity index (χ3n) is 2.58. The van der Waals surface area contributed by atoms with Crippen LogP contribution in [0.5, 0.6) is 0 Å². The molecule has 2 heterocycles. The number of benzene rings is 1. The van der Waals surface area contributed by atoms with Gasteiger partial charge in [-0.25, -0.2) is 14.6 Å². The third-order valence-corrected chi connectivity index (χ3v) is 2.81. The van der Waals surface area contributed by atoms with Crippen molar-refractivity contribution >= 4 is 17.3 Å². The van der Waals surface area contributed by atoms with Gasteiger partial charge in [0.05, 0.1) is 5.02 Å². The maximum atomic E-state index is 5.80. The van der Waals surface area contributed by atoms with Crippen LogP contribution in [-0.2, 0) is 0 Å². The van der Waals surface area contributed by atoms with E-state index in [1.54, 1.807) is 29.3 Å². The smallest absolute Gasteiger partial charge is 0.181 e. The van der Waals surface area contributed by atoms with E-state index < -0.39 is 0 Å². The van der Waals surface area contributed by atoms with Crippen molar-refractivity contribution in [1.29, 1.82) is 0 Å². The highest BCUT2D eigenvalue weighted by Gasteiger charge is 2.06. The minimum atomic E-state index is 0.583. The molecule has 0 fully saturated rings. The predicted octanol–water partition coefficient (Wildman–Crippen LogP) is 2.56. The van der Waals surface area contributed by atoms with Crippen molar-refractivity contribution in [3.8, 4) is 17.2 Å². The first kappa shape index (κ1) is 11.7. The van der Waals surface area contributed by atoms with Crippen LogP contribution >= 0.6 is 11.6 Å². The van der Waals surface area contributed by atoms with Gasteiger partial charge < -0.3 is 5.73 Å². The number of rotatable bonds is 2. The van der Waals surface area contributed by atoms with Crippen LogP contribution in [0, 0.1) is 0 Å². The summed E-state index contributed by atoms with van der Waals surface area (Å²) in [6, 6.07) is 11.0. The lowest BCUT2D eigenvalue weighted by atomic mass is 10.2. The Hall–Kier alpha value is -2.40. The molecule has 1 aromatic carbocycles. The van der Waals surface area contributed by atoms with E-state index in [0.29, 0.717) is 22.4 Å². The summed E-state index contributed by atoms with van der Waals surface area (Å²) in [4.78, 5) is 8.43. The van der Waals surface area contributed by atoms with Gasteiger partial charge in [-0.1, -0.05) is 23.7 Å². The maximum Gasteiger partial charge on any atom is 0.181 e. The molecule has 0 atom stereocenters. The second-order valence-corrected chi connectivity index (χ2v) is 4.41. The van der Waals surface area contributed by atoms with Crippen molar-refractivity contribution in [3.05, 3.63) is 53.9 Å². The molecule has 5 nitrogen and oxygen atoms in total. The molecule has 0 spiro atoms. The Bertz CT molecular complexity index is 705. The minimum Gasteiger partial charge on any atom is -0.399 e. The van der Waals surface area contributed by atoms with Crippen LogP contribution in [0.3, 0.4) is 0 Å². The van der Waals surface area contributed by atoms with Gasteiger partial charge in [-0.15, -0.1) is 5.10 Å². The van der Waals surface area contributed by atoms with Crippen LogP contribution in [-0.4, -0.2) is 19.7 Å². The summed E-state index contributed by atoms with van der Waals surface area (Å²) in [7, 11) is 0. The van der Waals surface area contributed by atoms with Crippen LogP contribution < -0.4 is 5.73 Å². The zero-order valence-electron chi connectivity index (χ0n) is 9.86. The molecular weight excluding hydrogens is 262 g/mol. The number of hydrogen-bond donors (Lipinski definition) is 1. The molecule has 19 heavy (non-hydrogen) atoms. The normalized spacial score (nSPS) is 10.6. The van der Waals surface area contributed by atoms with E-state index in [2.05, 4.69) is 15.1 Å². The van der Waals surface area contributed by atoms with Crippen LogP contribution in [0.25, 0.3) is 17.2 Å². The number of halogens is 1. The molecule has 2 aromatic heterocycles. The lowest BCUT2D eigenvalue weighted by molar-refractivity contribution is 0.848. The van der Waals surface area contributed by atoms with Crippen molar-refractivity contribution in [1.82, 2.24) is 19.7 Å². The lowest BCUT2D eigenvalue weighted by Crippen LogP contribution is -1.97. The topological polar surface area (TPSA) is 69.6 Å². The summed E-state index contributed by atoms with van der Waals surface area (Å²) in [6.45, 7) is 0. The quantitative estimate of drug-likeness (QED) is 0.727. The Morgan fingerprint density at radius 1 is 1.11 bits per heavy atom. The molecule has 2 N–H and O–H groups in total. The van der Waals surface area contributed by atoms with E-state index in [1.165, 1.54) is 0 Å². The summed E-state index contributed by atoms with van der Waals surface area (Å²) in [5.74, 6) is 1.26. The molecule has 3 aromatic rings. The number of hydrogen-bond acceptors (Lipinski definition) is 4. The van der Waals surface area contributed by atoms with Crippen molar-refractivity contribution in [2.24, 2.45) is 0 Å². The number of aromatic nitrogens is 4. The summed E-state index contributed by atoms with van der Waals surface area (Å²) < 4.78 is 1.59. The Balaban J connectivity index is 1.97. The minimum absolute atomic E-state index is 0.583. The number of nitrogens with two attached hydrogens (primary N) is 1. The van der Waals surface area contributed by atoms with Crippen LogP contribution in [0.4, 0.5) is 5.69 Å². The SMILES string of the molecule is Nc1cccc(-c2ncn(-c3ccc(Cl)cn3)n2)c1. The molecule has 94 valence electrons. The predicted molar refractivity (Wildman–Crippen MR) is 74.0 cm³/mol. The van der Waals surface area contributed by atoms with Gasteiger partial charge in [0.2, 0.25) is 0 Å². The van der Waals surface area contributed by atoms with Gasteiger partial charge in [-0.2, -0.15) is 0 Å². The molecule has 0 saturated carbocycles. The summed E-state index contributed by atoms with van der Waals surface area (Å²) in [5, 5.41) is 4.95. The Labute approximate surface area is 114 Å². The van der Waals surface area contributed by atoms with Gasteiger partial charge in [0.25, 0.3) is 0 Å². The van der Waals surface area contributed by atoms with Crippen LogP contribution in [0.15, 0.2) is 48.9 Å². The molecule has 0 aliphatic rings. The Morgan fingerprint density at radius 3 is 2.74 bits per heavy atom. The monoisotopic (exact) mass is 271 g/mol. The largest absolute Gasteiger partial charge is 0.399 e. The fourth-order valence-electron chi connectivity index (χ4n) is 1.69. The van der Waals surface area contributed by atoms with Gasteiger partial charge >= 0.3 is 0 Å². The number of nitrogen functional groups attached to an aromatic ring is 1. The van der Waals surface area contributed by atoms with Gasteiger partial charge in [-0.05, 0) is 24.3 Å². The molecule has 0 bridgehead atoms. The highest BCUT2D eigenvalue weighted by molar-refractivity contribution is 6.30. The van der Waals surface area contributed by atoms with Gasteiger partial charge in [0.15, 0.2) is 11.6 Å². The molecule has 3 rings (SSSR count). The molecule has 0 radical (unpaired) electrons. The highest BCUT2D eigenvalue weighted by Crippen LogP contribution is 2.18. The van der Waals surface area contributed by atoms with Crippen molar-refractivity contribution < 1.29 is 0 Å². The first-order chi connectivity index (χ1) is 9.22. The van der Waals surface area contributed by atoms with E-state index in [-0.39, 0.29) is 0 Å². The van der Waals surface area contributed by atoms with E-state index >= 15 is 0 Å². The van der Waals surface area contributed by atoms with E-state index in [4.69, 9.17) is 17.3 Å². The molecular formula is C13H10ClN5. The Kier molecular flexibility index (Phi) is 2.89. The second-order valence-electron chi connectivity index (χ2n) is 3.97. The molecule has 0 aliphatic heterocycles. The average Bonchev–Trinajstić information content (AvgIpc) is 2.89. The van der Waals surface area contributed by atoms with Crippen molar-refractivity contribution in [3.63, 3.8) is 0 Å². The molecule has 0 aliphatic carbocycles. The molecule has 6 heteroatoms. The fourth-order valence-corrected chi connectivity index (χ4v) is 1.80. The number of pyridine rings is 1. The summed E-state index contributed by atoms with van der Waals surface area (Å²) >= 11 is 5.80. The summed E-state index contributed by atoms with van der Waals surface area (Å²) in [5.41, 5.74) is 7.29. The highest BCUT2D eigenvalue weighted by atomic mass is 35.5. The second kappa shape index (κ2) is 4.70. The zero-order chi connectivity index (χ0) is 13.2. The number of nitrogens with zero attached hydrogens (tertiary/aromatic N) is 4. The van der Waals surface area contributed by atoms with E-state index in [9.17, 15) is 0 Å². The maximum absolute atomic E-state index is 5.80. The number of anilines is 1. The zero-order valence-corrected chi connectivity index (χ0v) is 10.6. The molecule has 0 unspecified atom stereocenters. The van der Waals surface area contributed by atoms with Crippen LogP contribution in [0.1, 0.15) is 0 Å². The van der Waals surface area contributed by atoms with Gasteiger partial charge in [-0.3, -0.25) is 0 Å². The van der Waals surface area contributed by atoms with Crippen LogP contribution in [0.2, 0.25) is 5.02 Å². The first-order valence-electron chi connectivity index (χ1n) is 5.62. The van der Waals surface area contributed by atoms with Gasteiger partial charge in [0.1, 0.15) is 6.33 Å². The lowest BCUT2D eigenvalue weighted by Gasteiger charge is -1.99. The molecule has 0 saturated heterocycles. The summed E-state index contributed by atoms with van der Waals surface area (Å²) in [6.07, 6.45) is 3.17. The molecule has 0 amide bonds. The third kappa shape index (κ3) is 2.41. The Morgan fingerprint density at radius 2 is 2.00 bits per heavy atom. The first-order valence-corrected chi connectivity index (χ1v) is 6.00.